The predicted octanol–water partition coefficient (Wildman–Crippen LogP) is 4.41. The average molecular weight is 534 g/mol. The van der Waals surface area contributed by atoms with Gasteiger partial charge in [0, 0.05) is 36.7 Å². The van der Waals surface area contributed by atoms with Crippen LogP contribution < -0.4 is 5.56 Å². The molecule has 0 bridgehead atoms. The highest BCUT2D eigenvalue weighted by molar-refractivity contribution is 7.80. The molecular weight excluding hydrogens is 506 g/mol. The van der Waals surface area contributed by atoms with E-state index in [0.717, 1.165) is 44.1 Å². The quantitative estimate of drug-likeness (QED) is 0.323. The first-order valence-electron chi connectivity index (χ1n) is 12.8. The fraction of sp³-hybridized carbons (Fsp3) is 0.200. The van der Waals surface area contributed by atoms with Gasteiger partial charge in [-0.05, 0) is 34.7 Å². The zero-order valence-electron chi connectivity index (χ0n) is 21.7. The van der Waals surface area contributed by atoms with Gasteiger partial charge in [0.2, 0.25) is 5.82 Å². The number of aromatic nitrogens is 6. The van der Waals surface area contributed by atoms with Crippen LogP contribution in [0.3, 0.4) is 0 Å². The maximum atomic E-state index is 13.9. The van der Waals surface area contributed by atoms with Crippen molar-refractivity contribution in [2.24, 2.45) is 5.92 Å². The lowest BCUT2D eigenvalue weighted by Gasteiger charge is -2.18. The molecule has 2 heterocycles. The van der Waals surface area contributed by atoms with E-state index in [9.17, 15) is 4.79 Å². The monoisotopic (exact) mass is 533 g/mol. The molecule has 3 aromatic carbocycles. The first-order valence-corrected chi connectivity index (χ1v) is 13.2. The summed E-state index contributed by atoms with van der Waals surface area (Å²) in [6.45, 7) is 0.416. The average Bonchev–Trinajstić information content (AvgIpc) is 3.66. The van der Waals surface area contributed by atoms with Gasteiger partial charge in [-0.25, -0.2) is 4.98 Å². The second kappa shape index (κ2) is 10.3. The van der Waals surface area contributed by atoms with Crippen LogP contribution in [0.15, 0.2) is 83.7 Å². The topological polar surface area (TPSA) is 92.6 Å². The molecule has 6 rings (SSSR count). The molecule has 194 valence electrons. The molecule has 0 saturated heterocycles. The summed E-state index contributed by atoms with van der Waals surface area (Å²) in [5.41, 5.74) is 6.50. The van der Waals surface area contributed by atoms with E-state index < -0.39 is 0 Å². The highest BCUT2D eigenvalue weighted by atomic mass is 32.1. The zero-order chi connectivity index (χ0) is 26.9. The molecule has 1 unspecified atom stereocenters. The summed E-state index contributed by atoms with van der Waals surface area (Å²) in [6.07, 6.45) is 1.32. The van der Waals surface area contributed by atoms with Crippen LogP contribution in [0, 0.1) is 5.92 Å². The van der Waals surface area contributed by atoms with Crippen molar-refractivity contribution in [3.63, 3.8) is 0 Å². The molecule has 8 nitrogen and oxygen atoms in total. The number of hydrogen-bond donors (Lipinski definition) is 1. The molecule has 9 heteroatoms. The maximum absolute atomic E-state index is 13.9. The molecule has 2 aromatic heterocycles. The Morgan fingerprint density at radius 3 is 2.36 bits per heavy atom. The summed E-state index contributed by atoms with van der Waals surface area (Å²) in [5.74, 6) is 1.34. The third kappa shape index (κ3) is 4.77. The minimum atomic E-state index is 0.00874. The van der Waals surface area contributed by atoms with Crippen LogP contribution in [0.1, 0.15) is 16.8 Å². The van der Waals surface area contributed by atoms with E-state index in [1.807, 2.05) is 73.6 Å². The van der Waals surface area contributed by atoms with Gasteiger partial charge in [-0.15, -0.1) is 10.2 Å². The molecule has 0 aliphatic heterocycles. The Hall–Kier alpha value is -4.50. The number of tetrazole rings is 1. The number of thiocarbonyl (C=S) groups is 1. The summed E-state index contributed by atoms with van der Waals surface area (Å²) in [7, 11) is 3.91. The molecule has 1 atom stereocenters. The summed E-state index contributed by atoms with van der Waals surface area (Å²) in [4.78, 5) is 21.8. The predicted molar refractivity (Wildman–Crippen MR) is 155 cm³/mol. The Bertz CT molecular complexity index is 1690. The first-order chi connectivity index (χ1) is 19.0. The van der Waals surface area contributed by atoms with Crippen molar-refractivity contribution in [1.29, 1.82) is 0 Å². The fourth-order valence-electron chi connectivity index (χ4n) is 5.24. The Labute approximate surface area is 231 Å². The van der Waals surface area contributed by atoms with Gasteiger partial charge < -0.3 is 4.90 Å². The van der Waals surface area contributed by atoms with Gasteiger partial charge in [0.25, 0.3) is 5.56 Å². The number of H-pyrrole nitrogens is 1. The van der Waals surface area contributed by atoms with E-state index in [4.69, 9.17) is 17.2 Å². The van der Waals surface area contributed by atoms with Crippen molar-refractivity contribution < 1.29 is 0 Å². The van der Waals surface area contributed by atoms with Crippen molar-refractivity contribution in [1.82, 2.24) is 35.1 Å². The largest absolute Gasteiger partial charge is 0.372 e. The first kappa shape index (κ1) is 24.8. The number of aromatic amines is 1. The van der Waals surface area contributed by atoms with Crippen LogP contribution >= 0.6 is 12.2 Å². The highest BCUT2D eigenvalue weighted by Crippen LogP contribution is 2.31. The number of benzene rings is 3. The summed E-state index contributed by atoms with van der Waals surface area (Å²) < 4.78 is 1.80. The Morgan fingerprint density at radius 1 is 0.949 bits per heavy atom. The molecular formula is C30H27N7OS. The van der Waals surface area contributed by atoms with Gasteiger partial charge in [-0.2, -0.15) is 5.21 Å². The SMILES string of the molecule is CN(C)C(=S)C1Cc2nc(-c3ccccc3)n(Cc3ccc(-c4ccccc4-c4nn[nH]n4)cc3)c(=O)c2C1. The van der Waals surface area contributed by atoms with E-state index in [0.29, 0.717) is 31.0 Å². The van der Waals surface area contributed by atoms with Crippen molar-refractivity contribution in [2.45, 2.75) is 19.4 Å². The van der Waals surface area contributed by atoms with E-state index in [2.05, 4.69) is 44.9 Å². The van der Waals surface area contributed by atoms with Gasteiger partial charge in [0.1, 0.15) is 5.82 Å². The second-order valence-corrected chi connectivity index (χ2v) is 10.4. The van der Waals surface area contributed by atoms with Crippen LogP contribution in [-0.4, -0.2) is 54.2 Å². The van der Waals surface area contributed by atoms with Crippen LogP contribution in [0.4, 0.5) is 0 Å². The van der Waals surface area contributed by atoms with Gasteiger partial charge in [-0.1, -0.05) is 91.1 Å². The van der Waals surface area contributed by atoms with Gasteiger partial charge in [0.15, 0.2) is 0 Å². The van der Waals surface area contributed by atoms with Gasteiger partial charge in [-0.3, -0.25) is 9.36 Å². The smallest absolute Gasteiger partial charge is 0.257 e. The number of hydrogen-bond acceptors (Lipinski definition) is 6. The maximum Gasteiger partial charge on any atom is 0.257 e. The molecule has 1 aliphatic rings. The standard InChI is InChI=1S/C30H27N7OS/c1-36(2)30(39)22-16-25-26(17-22)31-28(21-8-4-3-5-9-21)37(29(25)38)18-19-12-14-20(15-13-19)23-10-6-7-11-24(23)27-32-34-35-33-27/h3-15,22H,16-18H2,1-2H3,(H,32,33,34,35). The number of rotatable bonds is 6. The second-order valence-electron chi connectivity index (χ2n) is 9.93. The summed E-state index contributed by atoms with van der Waals surface area (Å²) >= 11 is 5.66. The molecule has 1 N–H and O–H groups in total. The van der Waals surface area contributed by atoms with Gasteiger partial charge in [0.05, 0.1) is 17.2 Å². The zero-order valence-corrected chi connectivity index (χ0v) is 22.5. The fourth-order valence-corrected chi connectivity index (χ4v) is 5.40. The van der Waals surface area contributed by atoms with Crippen molar-refractivity contribution >= 4 is 17.2 Å². The molecule has 0 radical (unpaired) electrons. The minimum Gasteiger partial charge on any atom is -0.372 e. The molecule has 0 saturated carbocycles. The Balaban J connectivity index is 1.37. The third-order valence-electron chi connectivity index (χ3n) is 7.18. The lowest BCUT2D eigenvalue weighted by Crippen LogP contribution is -2.29. The number of nitrogens with zero attached hydrogens (tertiary/aromatic N) is 6. The molecule has 1 aliphatic carbocycles. The highest BCUT2D eigenvalue weighted by Gasteiger charge is 2.31. The van der Waals surface area contributed by atoms with Gasteiger partial charge >= 0.3 is 0 Å². The number of nitrogens with one attached hydrogen (secondary N) is 1. The normalized spacial score (nSPS) is 14.3. The lowest BCUT2D eigenvalue weighted by atomic mass is 9.98. The van der Waals surface area contributed by atoms with E-state index >= 15 is 0 Å². The van der Waals surface area contributed by atoms with E-state index in [-0.39, 0.29) is 11.5 Å². The summed E-state index contributed by atoms with van der Waals surface area (Å²) in [6, 6.07) is 26.1. The van der Waals surface area contributed by atoms with E-state index in [1.165, 1.54) is 0 Å². The van der Waals surface area contributed by atoms with Crippen molar-refractivity contribution in [3.05, 3.63) is 106 Å². The molecule has 5 aromatic rings. The Kier molecular flexibility index (Phi) is 6.58. The molecule has 39 heavy (non-hydrogen) atoms. The van der Waals surface area contributed by atoms with Crippen molar-refractivity contribution in [2.75, 3.05) is 14.1 Å². The Morgan fingerprint density at radius 2 is 1.67 bits per heavy atom. The molecule has 0 fully saturated rings. The summed E-state index contributed by atoms with van der Waals surface area (Å²) in [5, 5.41) is 14.5. The van der Waals surface area contributed by atoms with Crippen LogP contribution in [0.5, 0.6) is 0 Å². The molecule has 0 amide bonds. The van der Waals surface area contributed by atoms with E-state index in [1.54, 1.807) is 4.57 Å². The molecule has 0 spiro atoms. The lowest BCUT2D eigenvalue weighted by molar-refractivity contribution is 0.567. The third-order valence-corrected chi connectivity index (χ3v) is 7.88. The van der Waals surface area contributed by atoms with Crippen LogP contribution in [0.25, 0.3) is 33.9 Å². The van der Waals surface area contributed by atoms with Crippen LogP contribution in [-0.2, 0) is 19.4 Å². The van der Waals surface area contributed by atoms with Crippen molar-refractivity contribution in [3.8, 4) is 33.9 Å². The van der Waals surface area contributed by atoms with Crippen LogP contribution in [0.2, 0.25) is 0 Å². The minimum absolute atomic E-state index is 0.00874. The number of fused-ring (bicyclic) bond motifs is 1.